The highest BCUT2D eigenvalue weighted by Crippen LogP contribution is 2.38. The second-order valence-corrected chi connectivity index (χ2v) is 9.20. The number of thiophene rings is 1. The number of hydrogen-bond donors (Lipinski definition) is 1. The average molecular weight is 442 g/mol. The molecule has 5 nitrogen and oxygen atoms in total. The van der Waals surface area contributed by atoms with Crippen molar-refractivity contribution in [1.82, 2.24) is 4.90 Å². The van der Waals surface area contributed by atoms with Gasteiger partial charge in [0.1, 0.15) is 0 Å². The van der Waals surface area contributed by atoms with E-state index in [2.05, 4.69) is 5.16 Å². The van der Waals surface area contributed by atoms with Crippen LogP contribution in [0.3, 0.4) is 0 Å². The van der Waals surface area contributed by atoms with Crippen molar-refractivity contribution >= 4 is 40.4 Å². The van der Waals surface area contributed by atoms with E-state index < -0.39 is 11.7 Å². The third-order valence-electron chi connectivity index (χ3n) is 5.02. The van der Waals surface area contributed by atoms with Gasteiger partial charge in [0.2, 0.25) is 0 Å². The number of hydrogen-bond acceptors (Lipinski definition) is 6. The molecule has 10 heteroatoms. The van der Waals surface area contributed by atoms with Gasteiger partial charge in [-0.2, -0.15) is 13.2 Å². The molecule has 0 aliphatic carbocycles. The number of benzene rings is 1. The molecule has 0 atom stereocenters. The zero-order chi connectivity index (χ0) is 20.6. The second-order valence-electron chi connectivity index (χ2n) is 6.78. The number of fused-ring (bicyclic) bond motifs is 1. The van der Waals surface area contributed by atoms with Gasteiger partial charge >= 0.3 is 6.18 Å². The minimum atomic E-state index is -4.37. The van der Waals surface area contributed by atoms with Crippen LogP contribution in [-0.4, -0.2) is 53.7 Å². The Morgan fingerprint density at radius 1 is 1.14 bits per heavy atom. The molecule has 1 N–H and O–H groups in total. The van der Waals surface area contributed by atoms with Gasteiger partial charge in [0.05, 0.1) is 20.4 Å². The van der Waals surface area contributed by atoms with Crippen molar-refractivity contribution in [2.45, 2.75) is 16.8 Å². The van der Waals surface area contributed by atoms with Crippen LogP contribution in [0.15, 0.2) is 39.7 Å². The molecule has 0 bridgehead atoms. The SMILES string of the molecule is O=C(c1cc2c(s1)SCCC2=NO)N1CCN(c2cccc(C(F)(F)F)c2)CC1. The lowest BCUT2D eigenvalue weighted by Crippen LogP contribution is -2.48. The monoisotopic (exact) mass is 441 g/mol. The van der Waals surface area contributed by atoms with Crippen molar-refractivity contribution in [2.24, 2.45) is 5.16 Å². The Kier molecular flexibility index (Phi) is 5.48. The zero-order valence-corrected chi connectivity index (χ0v) is 16.9. The summed E-state index contributed by atoms with van der Waals surface area (Å²) in [6.07, 6.45) is -3.71. The van der Waals surface area contributed by atoms with E-state index in [4.69, 9.17) is 5.21 Å². The van der Waals surface area contributed by atoms with Gasteiger partial charge < -0.3 is 15.0 Å². The van der Waals surface area contributed by atoms with E-state index >= 15 is 0 Å². The highest BCUT2D eigenvalue weighted by Gasteiger charge is 2.32. The summed E-state index contributed by atoms with van der Waals surface area (Å²) < 4.78 is 39.8. The number of piperazine rings is 1. The fourth-order valence-electron chi connectivity index (χ4n) is 3.47. The van der Waals surface area contributed by atoms with E-state index in [9.17, 15) is 18.0 Å². The first-order valence-corrected chi connectivity index (χ1v) is 10.9. The van der Waals surface area contributed by atoms with Crippen LogP contribution in [0.1, 0.15) is 27.2 Å². The second kappa shape index (κ2) is 7.91. The number of halogens is 3. The first kappa shape index (κ1) is 20.1. The number of anilines is 1. The highest BCUT2D eigenvalue weighted by atomic mass is 32.2. The van der Waals surface area contributed by atoms with Crippen LogP contribution >= 0.6 is 23.1 Å². The molecule has 1 aromatic heterocycles. The fraction of sp³-hybridized carbons (Fsp3) is 0.368. The Morgan fingerprint density at radius 3 is 2.59 bits per heavy atom. The Morgan fingerprint density at radius 2 is 1.90 bits per heavy atom. The van der Waals surface area contributed by atoms with E-state index in [0.717, 1.165) is 27.7 Å². The molecular weight excluding hydrogens is 423 g/mol. The van der Waals surface area contributed by atoms with Crippen molar-refractivity contribution in [2.75, 3.05) is 36.8 Å². The molecule has 0 spiro atoms. The standard InChI is InChI=1S/C19H18F3N3O2S2/c20-19(21,22)12-2-1-3-13(10-12)24-5-7-25(8-6-24)17(26)16-11-14-15(23-27)4-9-28-18(14)29-16/h1-3,10-11,27H,4-9H2. The maximum absolute atomic E-state index is 12.9. The van der Waals surface area contributed by atoms with Crippen LogP contribution in [0.5, 0.6) is 0 Å². The summed E-state index contributed by atoms with van der Waals surface area (Å²) in [6, 6.07) is 7.06. The van der Waals surface area contributed by atoms with E-state index in [1.807, 2.05) is 4.90 Å². The minimum Gasteiger partial charge on any atom is -0.411 e. The normalized spacial score (nSPS) is 18.8. The maximum Gasteiger partial charge on any atom is 0.416 e. The topological polar surface area (TPSA) is 56.1 Å². The molecule has 3 heterocycles. The Labute approximate surface area is 173 Å². The third-order valence-corrected chi connectivity index (χ3v) is 7.43. The molecule has 1 amide bonds. The molecule has 2 aliphatic heterocycles. The predicted octanol–water partition coefficient (Wildman–Crippen LogP) is 4.40. The number of carbonyl (C=O) groups excluding carboxylic acids is 1. The molecule has 0 radical (unpaired) electrons. The van der Waals surface area contributed by atoms with E-state index in [0.29, 0.717) is 48.9 Å². The van der Waals surface area contributed by atoms with Crippen LogP contribution < -0.4 is 4.90 Å². The van der Waals surface area contributed by atoms with Gasteiger partial charge in [-0.05, 0) is 24.3 Å². The van der Waals surface area contributed by atoms with Gasteiger partial charge in [-0.25, -0.2) is 0 Å². The number of rotatable bonds is 2. The minimum absolute atomic E-state index is 0.0917. The van der Waals surface area contributed by atoms with Crippen LogP contribution in [0.4, 0.5) is 18.9 Å². The van der Waals surface area contributed by atoms with Gasteiger partial charge in [0.25, 0.3) is 5.91 Å². The Balaban J connectivity index is 1.44. The number of nitrogens with zero attached hydrogens (tertiary/aromatic N) is 3. The number of oxime groups is 1. The maximum atomic E-state index is 12.9. The number of alkyl halides is 3. The largest absolute Gasteiger partial charge is 0.416 e. The zero-order valence-electron chi connectivity index (χ0n) is 15.3. The first-order valence-electron chi connectivity index (χ1n) is 9.06. The number of amides is 1. The fourth-order valence-corrected chi connectivity index (χ4v) is 5.92. The summed E-state index contributed by atoms with van der Waals surface area (Å²) in [6.45, 7) is 1.81. The van der Waals surface area contributed by atoms with Crippen molar-refractivity contribution < 1.29 is 23.2 Å². The molecule has 0 saturated carbocycles. The van der Waals surface area contributed by atoms with Gasteiger partial charge in [-0.1, -0.05) is 11.2 Å². The molecule has 1 fully saturated rings. The molecule has 154 valence electrons. The van der Waals surface area contributed by atoms with Crippen molar-refractivity contribution in [3.8, 4) is 0 Å². The molecule has 4 rings (SSSR count). The lowest BCUT2D eigenvalue weighted by molar-refractivity contribution is -0.137. The number of thioether (sulfide) groups is 1. The summed E-state index contributed by atoms with van der Waals surface area (Å²) in [5.41, 5.74) is 1.26. The summed E-state index contributed by atoms with van der Waals surface area (Å²) in [4.78, 5) is 17.1. The molecule has 1 aromatic carbocycles. The first-order chi connectivity index (χ1) is 13.9. The average Bonchev–Trinajstić information content (AvgIpc) is 3.17. The molecule has 2 aliphatic rings. The van der Waals surface area contributed by atoms with Crippen molar-refractivity contribution in [3.63, 3.8) is 0 Å². The van der Waals surface area contributed by atoms with E-state index in [1.165, 1.54) is 17.4 Å². The summed E-state index contributed by atoms with van der Waals surface area (Å²) in [7, 11) is 0. The smallest absolute Gasteiger partial charge is 0.411 e. The summed E-state index contributed by atoms with van der Waals surface area (Å²) in [5, 5.41) is 12.5. The molecule has 0 unspecified atom stereocenters. The van der Waals surface area contributed by atoms with Crippen LogP contribution in [-0.2, 0) is 6.18 Å². The van der Waals surface area contributed by atoms with Crippen molar-refractivity contribution in [1.29, 1.82) is 0 Å². The predicted molar refractivity (Wildman–Crippen MR) is 108 cm³/mol. The quantitative estimate of drug-likeness (QED) is 0.554. The molecule has 29 heavy (non-hydrogen) atoms. The summed E-state index contributed by atoms with van der Waals surface area (Å²) in [5.74, 6) is 0.724. The van der Waals surface area contributed by atoms with Gasteiger partial charge in [-0.3, -0.25) is 4.79 Å². The van der Waals surface area contributed by atoms with Crippen LogP contribution in [0.2, 0.25) is 0 Å². The van der Waals surface area contributed by atoms with E-state index in [-0.39, 0.29) is 5.91 Å². The molecular formula is C19H18F3N3O2S2. The van der Waals surface area contributed by atoms with Gasteiger partial charge in [0.15, 0.2) is 0 Å². The summed E-state index contributed by atoms with van der Waals surface area (Å²) >= 11 is 3.05. The molecule has 1 saturated heterocycles. The van der Waals surface area contributed by atoms with Gasteiger partial charge in [0, 0.05) is 49.6 Å². The van der Waals surface area contributed by atoms with Crippen LogP contribution in [0.25, 0.3) is 0 Å². The third kappa shape index (κ3) is 4.09. The van der Waals surface area contributed by atoms with Crippen LogP contribution in [0, 0.1) is 0 Å². The lowest BCUT2D eigenvalue weighted by Gasteiger charge is -2.36. The Bertz CT molecular complexity index is 950. The molecule has 2 aromatic rings. The number of carbonyl (C=O) groups is 1. The van der Waals surface area contributed by atoms with E-state index in [1.54, 1.807) is 28.8 Å². The van der Waals surface area contributed by atoms with Gasteiger partial charge in [-0.15, -0.1) is 23.1 Å². The van der Waals surface area contributed by atoms with Crippen molar-refractivity contribution in [3.05, 3.63) is 46.3 Å². The Hall–Kier alpha value is -2.20. The lowest BCUT2D eigenvalue weighted by atomic mass is 10.1. The highest BCUT2D eigenvalue weighted by molar-refractivity contribution is 8.01.